The number of ether oxygens (including phenoxy) is 1. The molecular formula is C14H20N2O2. The maximum absolute atomic E-state index is 11.2. The molecule has 2 unspecified atom stereocenters. The van der Waals surface area contributed by atoms with Crippen LogP contribution in [0.3, 0.4) is 0 Å². The Morgan fingerprint density at radius 3 is 2.56 bits per heavy atom. The van der Waals surface area contributed by atoms with Crippen molar-refractivity contribution in [3.63, 3.8) is 0 Å². The maximum atomic E-state index is 11.2. The molecule has 2 N–H and O–H groups in total. The summed E-state index contributed by atoms with van der Waals surface area (Å²) in [5.74, 6) is 0.0357. The van der Waals surface area contributed by atoms with Crippen LogP contribution in [0.4, 0.5) is 11.4 Å². The van der Waals surface area contributed by atoms with Crippen LogP contribution in [0.25, 0.3) is 0 Å². The summed E-state index contributed by atoms with van der Waals surface area (Å²) in [4.78, 5) is 11.2. The molecule has 1 aromatic carbocycles. The molecule has 0 aromatic heterocycles. The topological polar surface area (TPSA) is 50.4 Å². The number of hydrogen-bond acceptors (Lipinski definition) is 3. The minimum atomic E-state index is 0.0357. The smallest absolute Gasteiger partial charge is 0.224 e. The first-order valence-corrected chi connectivity index (χ1v) is 6.47. The quantitative estimate of drug-likeness (QED) is 0.861. The minimum Gasteiger partial charge on any atom is -0.380 e. The molecule has 0 saturated carbocycles. The molecule has 0 radical (unpaired) electrons. The van der Waals surface area contributed by atoms with Gasteiger partial charge in [-0.3, -0.25) is 4.79 Å². The Bertz CT molecular complexity index is 403. The van der Waals surface area contributed by atoms with Gasteiger partial charge in [0, 0.05) is 24.4 Å². The zero-order chi connectivity index (χ0) is 13.0. The third-order valence-electron chi connectivity index (χ3n) is 3.22. The lowest BCUT2D eigenvalue weighted by molar-refractivity contribution is -0.115. The van der Waals surface area contributed by atoms with Gasteiger partial charge < -0.3 is 15.4 Å². The molecule has 18 heavy (non-hydrogen) atoms. The van der Waals surface area contributed by atoms with Crippen LogP contribution in [0, 0.1) is 0 Å². The van der Waals surface area contributed by atoms with E-state index in [1.807, 2.05) is 31.2 Å². The number of amides is 1. The van der Waals surface area contributed by atoms with Crippen LogP contribution in [0.15, 0.2) is 24.3 Å². The molecule has 4 nitrogen and oxygen atoms in total. The lowest BCUT2D eigenvalue weighted by Crippen LogP contribution is -2.26. The third-order valence-corrected chi connectivity index (χ3v) is 3.22. The second-order valence-electron chi connectivity index (χ2n) is 4.59. The van der Waals surface area contributed by atoms with Crippen molar-refractivity contribution >= 4 is 17.3 Å². The van der Waals surface area contributed by atoms with Crippen LogP contribution < -0.4 is 10.6 Å². The Kier molecular flexibility index (Phi) is 4.20. The number of carbonyl (C=O) groups excluding carboxylic acids is 1. The molecule has 2 rings (SSSR count). The molecule has 1 aliphatic rings. The van der Waals surface area contributed by atoms with Crippen LogP contribution in [0.2, 0.25) is 0 Å². The van der Waals surface area contributed by atoms with Crippen molar-refractivity contribution in [2.45, 2.75) is 38.8 Å². The average molecular weight is 248 g/mol. The van der Waals surface area contributed by atoms with Crippen molar-refractivity contribution in [3.05, 3.63) is 24.3 Å². The van der Waals surface area contributed by atoms with E-state index in [2.05, 4.69) is 17.6 Å². The van der Waals surface area contributed by atoms with E-state index in [0.717, 1.165) is 24.4 Å². The Hall–Kier alpha value is -1.55. The van der Waals surface area contributed by atoms with Gasteiger partial charge in [0.1, 0.15) is 0 Å². The largest absolute Gasteiger partial charge is 0.380 e. The lowest BCUT2D eigenvalue weighted by atomic mass is 10.1. The lowest BCUT2D eigenvalue weighted by Gasteiger charge is -2.17. The van der Waals surface area contributed by atoms with E-state index in [9.17, 15) is 4.79 Å². The van der Waals surface area contributed by atoms with Crippen molar-refractivity contribution in [2.24, 2.45) is 0 Å². The highest BCUT2D eigenvalue weighted by atomic mass is 16.5. The van der Waals surface area contributed by atoms with Crippen molar-refractivity contribution in [1.29, 1.82) is 0 Å². The van der Waals surface area contributed by atoms with E-state index in [-0.39, 0.29) is 12.0 Å². The van der Waals surface area contributed by atoms with Crippen LogP contribution in [-0.4, -0.2) is 24.7 Å². The zero-order valence-electron chi connectivity index (χ0n) is 10.9. The third kappa shape index (κ3) is 3.23. The summed E-state index contributed by atoms with van der Waals surface area (Å²) >= 11 is 0. The highest BCUT2D eigenvalue weighted by molar-refractivity contribution is 5.90. The normalized spacial score (nSPS) is 22.8. The number of rotatable bonds is 4. The summed E-state index contributed by atoms with van der Waals surface area (Å²) in [6.45, 7) is 4.75. The Labute approximate surface area is 108 Å². The first kappa shape index (κ1) is 12.9. The molecule has 1 aromatic rings. The van der Waals surface area contributed by atoms with Gasteiger partial charge in [0.2, 0.25) is 5.91 Å². The summed E-state index contributed by atoms with van der Waals surface area (Å²) < 4.78 is 5.51. The summed E-state index contributed by atoms with van der Waals surface area (Å²) in [6, 6.07) is 8.17. The number of anilines is 2. The number of nitrogens with one attached hydrogen (secondary N) is 2. The van der Waals surface area contributed by atoms with E-state index in [0.29, 0.717) is 12.5 Å². The summed E-state index contributed by atoms with van der Waals surface area (Å²) in [5, 5.41) is 6.28. The van der Waals surface area contributed by atoms with Crippen molar-refractivity contribution in [3.8, 4) is 0 Å². The van der Waals surface area contributed by atoms with Crippen LogP contribution in [-0.2, 0) is 9.53 Å². The SMILES string of the molecule is CCC(=O)Nc1ccc(NC2CCOC2C)cc1. The average Bonchev–Trinajstić information content (AvgIpc) is 2.77. The second-order valence-corrected chi connectivity index (χ2v) is 4.59. The molecule has 2 atom stereocenters. The second kappa shape index (κ2) is 5.87. The molecular weight excluding hydrogens is 228 g/mol. The minimum absolute atomic E-state index is 0.0357. The summed E-state index contributed by atoms with van der Waals surface area (Å²) in [7, 11) is 0. The number of hydrogen-bond donors (Lipinski definition) is 2. The van der Waals surface area contributed by atoms with Crippen LogP contribution >= 0.6 is 0 Å². The van der Waals surface area contributed by atoms with E-state index in [1.54, 1.807) is 0 Å². The van der Waals surface area contributed by atoms with E-state index in [4.69, 9.17) is 4.74 Å². The molecule has 98 valence electrons. The Morgan fingerprint density at radius 2 is 2.00 bits per heavy atom. The zero-order valence-corrected chi connectivity index (χ0v) is 10.9. The molecule has 4 heteroatoms. The molecule has 1 fully saturated rings. The van der Waals surface area contributed by atoms with Gasteiger partial charge in [-0.05, 0) is 37.6 Å². The monoisotopic (exact) mass is 248 g/mol. The van der Waals surface area contributed by atoms with Crippen molar-refractivity contribution in [2.75, 3.05) is 17.2 Å². The highest BCUT2D eigenvalue weighted by Gasteiger charge is 2.23. The van der Waals surface area contributed by atoms with E-state index >= 15 is 0 Å². The fourth-order valence-corrected chi connectivity index (χ4v) is 2.03. The fraction of sp³-hybridized carbons (Fsp3) is 0.500. The first-order valence-electron chi connectivity index (χ1n) is 6.47. The predicted molar refractivity (Wildman–Crippen MR) is 72.8 cm³/mol. The summed E-state index contributed by atoms with van der Waals surface area (Å²) in [5.41, 5.74) is 1.90. The van der Waals surface area contributed by atoms with Crippen LogP contribution in [0.1, 0.15) is 26.7 Å². The van der Waals surface area contributed by atoms with Gasteiger partial charge in [-0.15, -0.1) is 0 Å². The first-order chi connectivity index (χ1) is 8.69. The van der Waals surface area contributed by atoms with Crippen molar-refractivity contribution in [1.82, 2.24) is 0 Å². The standard InChI is InChI=1S/C14H20N2O2/c1-3-14(17)16-12-6-4-11(5-7-12)15-13-8-9-18-10(13)2/h4-7,10,13,15H,3,8-9H2,1-2H3,(H,16,17). The molecule has 1 heterocycles. The number of benzene rings is 1. The Morgan fingerprint density at radius 1 is 1.33 bits per heavy atom. The molecule has 0 spiro atoms. The van der Waals surface area contributed by atoms with Crippen molar-refractivity contribution < 1.29 is 9.53 Å². The van der Waals surface area contributed by atoms with Gasteiger partial charge in [0.25, 0.3) is 0 Å². The molecule has 0 bridgehead atoms. The summed E-state index contributed by atoms with van der Waals surface area (Å²) in [6.07, 6.45) is 1.79. The van der Waals surface area contributed by atoms with Gasteiger partial charge in [0.05, 0.1) is 12.1 Å². The Balaban J connectivity index is 1.93. The fourth-order valence-electron chi connectivity index (χ4n) is 2.03. The number of carbonyl (C=O) groups is 1. The molecule has 0 aliphatic carbocycles. The van der Waals surface area contributed by atoms with E-state index in [1.165, 1.54) is 0 Å². The van der Waals surface area contributed by atoms with Gasteiger partial charge >= 0.3 is 0 Å². The van der Waals surface area contributed by atoms with Gasteiger partial charge in [-0.25, -0.2) is 0 Å². The molecule has 1 saturated heterocycles. The van der Waals surface area contributed by atoms with Gasteiger partial charge in [-0.1, -0.05) is 6.92 Å². The van der Waals surface area contributed by atoms with Gasteiger partial charge in [0.15, 0.2) is 0 Å². The maximum Gasteiger partial charge on any atom is 0.224 e. The van der Waals surface area contributed by atoms with E-state index < -0.39 is 0 Å². The molecule has 1 amide bonds. The highest BCUT2D eigenvalue weighted by Crippen LogP contribution is 2.20. The van der Waals surface area contributed by atoms with Crippen LogP contribution in [0.5, 0.6) is 0 Å². The van der Waals surface area contributed by atoms with Gasteiger partial charge in [-0.2, -0.15) is 0 Å². The molecule has 1 aliphatic heterocycles. The predicted octanol–water partition coefficient (Wildman–Crippen LogP) is 2.62.